The molecule has 0 fully saturated rings. The van der Waals surface area contributed by atoms with Crippen LogP contribution in [0.25, 0.3) is 22.3 Å². The molecule has 3 aromatic carbocycles. The Bertz CT molecular complexity index is 1170. The van der Waals surface area contributed by atoms with Crippen molar-refractivity contribution in [1.82, 2.24) is 0 Å². The second kappa shape index (κ2) is 20.1. The third kappa shape index (κ3) is 11.9. The maximum atomic E-state index is 13.4. The first-order valence-corrected chi connectivity index (χ1v) is 17.2. The predicted molar refractivity (Wildman–Crippen MR) is 183 cm³/mol. The summed E-state index contributed by atoms with van der Waals surface area (Å²) in [7, 11) is 0. The molecule has 2 unspecified atom stereocenters. The van der Waals surface area contributed by atoms with Crippen LogP contribution in [-0.2, 0) is 9.47 Å². The fourth-order valence-electron chi connectivity index (χ4n) is 5.68. The Labute approximate surface area is 262 Å². The molecule has 3 aromatic rings. The molecule has 0 spiro atoms. The van der Waals surface area contributed by atoms with Crippen molar-refractivity contribution in [3.05, 3.63) is 83.9 Å². The maximum absolute atomic E-state index is 13.4. The standard InChI is InChI=1S/C40H56O3/c1-5-8-10-11-12-13-14-15-16-20-37(19-7-3)43-40(41)39-22-18-17-21-38(39)36-29-27-35(28-30-36)34-25-23-33(24-26-34)32(4)42-31-9-6-2/h17-18,21-30,32,37H,5-16,19-20,31H2,1-4H3. The van der Waals surface area contributed by atoms with Gasteiger partial charge in [-0.3, -0.25) is 0 Å². The molecule has 0 N–H and O–H groups in total. The van der Waals surface area contributed by atoms with Crippen LogP contribution in [0.3, 0.4) is 0 Å². The second-order valence-electron chi connectivity index (χ2n) is 12.0. The van der Waals surface area contributed by atoms with Crippen LogP contribution >= 0.6 is 0 Å². The zero-order chi connectivity index (χ0) is 30.7. The minimum absolute atomic E-state index is 0.0137. The monoisotopic (exact) mass is 584 g/mol. The molecule has 3 heteroatoms. The Morgan fingerprint density at radius 3 is 1.79 bits per heavy atom. The Hall–Kier alpha value is -2.91. The van der Waals surface area contributed by atoms with E-state index in [0.29, 0.717) is 5.56 Å². The van der Waals surface area contributed by atoms with E-state index in [0.717, 1.165) is 61.8 Å². The van der Waals surface area contributed by atoms with Crippen molar-refractivity contribution in [2.75, 3.05) is 6.61 Å². The highest BCUT2D eigenvalue weighted by Gasteiger charge is 2.19. The van der Waals surface area contributed by atoms with Gasteiger partial charge in [-0.1, -0.05) is 152 Å². The van der Waals surface area contributed by atoms with E-state index in [9.17, 15) is 4.79 Å². The van der Waals surface area contributed by atoms with Gasteiger partial charge in [0, 0.05) is 6.61 Å². The van der Waals surface area contributed by atoms with Crippen molar-refractivity contribution in [2.45, 2.75) is 130 Å². The zero-order valence-electron chi connectivity index (χ0n) is 27.4. The first kappa shape index (κ1) is 34.6. The minimum Gasteiger partial charge on any atom is -0.459 e. The molecule has 0 saturated carbocycles. The molecule has 3 nitrogen and oxygen atoms in total. The van der Waals surface area contributed by atoms with Gasteiger partial charge in [0.25, 0.3) is 0 Å². The van der Waals surface area contributed by atoms with Crippen molar-refractivity contribution >= 4 is 5.97 Å². The summed E-state index contributed by atoms with van der Waals surface area (Å²) in [5.74, 6) is -0.208. The molecule has 43 heavy (non-hydrogen) atoms. The van der Waals surface area contributed by atoms with Crippen LogP contribution in [-0.4, -0.2) is 18.7 Å². The van der Waals surface area contributed by atoms with Crippen LogP contribution in [0.5, 0.6) is 0 Å². The first-order chi connectivity index (χ1) is 21.1. The summed E-state index contributed by atoms with van der Waals surface area (Å²) in [6.07, 6.45) is 16.9. The number of ether oxygens (including phenoxy) is 2. The number of hydrogen-bond acceptors (Lipinski definition) is 3. The molecule has 0 bridgehead atoms. The molecule has 0 aliphatic carbocycles. The summed E-state index contributed by atoms with van der Waals surface area (Å²) in [4.78, 5) is 13.4. The summed E-state index contributed by atoms with van der Waals surface area (Å²) in [5.41, 5.74) is 6.11. The smallest absolute Gasteiger partial charge is 0.339 e. The van der Waals surface area contributed by atoms with Crippen LogP contribution in [0, 0.1) is 0 Å². The molecular weight excluding hydrogens is 528 g/mol. The molecule has 0 heterocycles. The second-order valence-corrected chi connectivity index (χ2v) is 12.0. The topological polar surface area (TPSA) is 35.5 Å². The lowest BCUT2D eigenvalue weighted by molar-refractivity contribution is 0.0254. The van der Waals surface area contributed by atoms with E-state index in [-0.39, 0.29) is 18.2 Å². The number of carbonyl (C=O) groups excluding carboxylic acids is 1. The van der Waals surface area contributed by atoms with Gasteiger partial charge in [0.1, 0.15) is 6.10 Å². The van der Waals surface area contributed by atoms with E-state index in [1.54, 1.807) is 0 Å². The van der Waals surface area contributed by atoms with Crippen molar-refractivity contribution in [1.29, 1.82) is 0 Å². The van der Waals surface area contributed by atoms with Gasteiger partial charge < -0.3 is 9.47 Å². The molecule has 0 saturated heterocycles. The van der Waals surface area contributed by atoms with Crippen LogP contribution in [0.15, 0.2) is 72.8 Å². The van der Waals surface area contributed by atoms with Crippen LogP contribution in [0.2, 0.25) is 0 Å². The van der Waals surface area contributed by atoms with Crippen molar-refractivity contribution in [3.63, 3.8) is 0 Å². The lowest BCUT2D eigenvalue weighted by Crippen LogP contribution is -2.19. The summed E-state index contributed by atoms with van der Waals surface area (Å²) in [6.45, 7) is 9.53. The molecule has 3 rings (SSSR count). The molecule has 0 radical (unpaired) electrons. The van der Waals surface area contributed by atoms with Gasteiger partial charge in [-0.2, -0.15) is 0 Å². The molecule has 234 valence electrons. The fraction of sp³-hybridized carbons (Fsp3) is 0.525. The fourth-order valence-corrected chi connectivity index (χ4v) is 5.68. The number of rotatable bonds is 21. The highest BCUT2D eigenvalue weighted by atomic mass is 16.5. The van der Waals surface area contributed by atoms with Crippen molar-refractivity contribution in [3.8, 4) is 22.3 Å². The molecular formula is C40H56O3. The van der Waals surface area contributed by atoms with Gasteiger partial charge in [-0.15, -0.1) is 0 Å². The lowest BCUT2D eigenvalue weighted by Gasteiger charge is -2.19. The highest BCUT2D eigenvalue weighted by molar-refractivity contribution is 5.97. The Morgan fingerprint density at radius 1 is 0.605 bits per heavy atom. The first-order valence-electron chi connectivity index (χ1n) is 17.2. The van der Waals surface area contributed by atoms with Gasteiger partial charge in [-0.05, 0) is 66.5 Å². The lowest BCUT2D eigenvalue weighted by atomic mass is 9.96. The highest BCUT2D eigenvalue weighted by Crippen LogP contribution is 2.29. The van der Waals surface area contributed by atoms with Gasteiger partial charge in [-0.25, -0.2) is 4.79 Å². The van der Waals surface area contributed by atoms with Gasteiger partial charge in [0.15, 0.2) is 0 Å². The largest absolute Gasteiger partial charge is 0.459 e. The SMILES string of the molecule is CCCCCCCCCCCC(CCC)OC(=O)c1ccccc1-c1ccc(-c2ccc(C(C)OCCCC)cc2)cc1. The Morgan fingerprint density at radius 2 is 1.16 bits per heavy atom. The Balaban J connectivity index is 1.57. The normalized spacial score (nSPS) is 12.7. The summed E-state index contributed by atoms with van der Waals surface area (Å²) >= 11 is 0. The maximum Gasteiger partial charge on any atom is 0.339 e. The van der Waals surface area contributed by atoms with E-state index in [1.807, 2.05) is 24.3 Å². The number of hydrogen-bond donors (Lipinski definition) is 0. The zero-order valence-corrected chi connectivity index (χ0v) is 27.4. The number of benzene rings is 3. The van der Waals surface area contributed by atoms with Gasteiger partial charge >= 0.3 is 5.97 Å². The Kier molecular flexibility index (Phi) is 16.2. The van der Waals surface area contributed by atoms with Crippen molar-refractivity contribution in [2.24, 2.45) is 0 Å². The van der Waals surface area contributed by atoms with Crippen LogP contribution in [0.1, 0.15) is 140 Å². The van der Waals surface area contributed by atoms with E-state index >= 15 is 0 Å². The van der Waals surface area contributed by atoms with Gasteiger partial charge in [0.2, 0.25) is 0 Å². The van der Waals surface area contributed by atoms with E-state index in [1.165, 1.54) is 62.5 Å². The summed E-state index contributed by atoms with van der Waals surface area (Å²) in [5, 5.41) is 0. The van der Waals surface area contributed by atoms with E-state index in [4.69, 9.17) is 9.47 Å². The number of unbranched alkanes of at least 4 members (excludes halogenated alkanes) is 9. The number of esters is 1. The minimum atomic E-state index is -0.208. The summed E-state index contributed by atoms with van der Waals surface area (Å²) in [6, 6.07) is 25.0. The molecule has 0 aliphatic rings. The molecule has 0 aromatic heterocycles. The average molecular weight is 585 g/mol. The molecule has 2 atom stereocenters. The average Bonchev–Trinajstić information content (AvgIpc) is 3.04. The predicted octanol–water partition coefficient (Wildman–Crippen LogP) is 12.1. The van der Waals surface area contributed by atoms with E-state index in [2.05, 4.69) is 76.2 Å². The van der Waals surface area contributed by atoms with Crippen molar-refractivity contribution < 1.29 is 14.3 Å². The summed E-state index contributed by atoms with van der Waals surface area (Å²) < 4.78 is 12.1. The molecule has 0 aliphatic heterocycles. The van der Waals surface area contributed by atoms with Crippen LogP contribution < -0.4 is 0 Å². The van der Waals surface area contributed by atoms with Crippen LogP contribution in [0.4, 0.5) is 0 Å². The van der Waals surface area contributed by atoms with E-state index < -0.39 is 0 Å². The van der Waals surface area contributed by atoms with Gasteiger partial charge in [0.05, 0.1) is 11.7 Å². The number of carbonyl (C=O) groups is 1. The molecule has 0 amide bonds. The quantitative estimate of drug-likeness (QED) is 0.0922. The third-order valence-electron chi connectivity index (χ3n) is 8.44. The third-order valence-corrected chi connectivity index (χ3v) is 8.44.